The van der Waals surface area contributed by atoms with Crippen molar-refractivity contribution in [3.8, 4) is 0 Å². The van der Waals surface area contributed by atoms with E-state index in [0.29, 0.717) is 11.6 Å². The van der Waals surface area contributed by atoms with E-state index >= 15 is 0 Å². The Bertz CT molecular complexity index is 661. The number of hydrogen-bond donors (Lipinski definition) is 2. The summed E-state index contributed by atoms with van der Waals surface area (Å²) in [5, 5.41) is 15.9. The minimum atomic E-state index is -0.844. The Hall–Kier alpha value is -2.44. The first-order valence-electron chi connectivity index (χ1n) is 7.42. The van der Waals surface area contributed by atoms with Crippen LogP contribution in [-0.4, -0.2) is 44.3 Å². The van der Waals surface area contributed by atoms with Gasteiger partial charge in [0.05, 0.1) is 17.8 Å². The van der Waals surface area contributed by atoms with Crippen molar-refractivity contribution in [2.24, 2.45) is 0 Å². The lowest BCUT2D eigenvalue weighted by atomic mass is 9.93. The third-order valence-corrected chi connectivity index (χ3v) is 4.06. The molecule has 7 nitrogen and oxygen atoms in total. The smallest absolute Gasteiger partial charge is 0.309 e. The zero-order chi connectivity index (χ0) is 15.5. The first-order valence-corrected chi connectivity index (χ1v) is 7.42. The number of nitrogens with zero attached hydrogens (tertiary/aromatic N) is 4. The number of hydrogen-bond acceptors (Lipinski definition) is 5. The van der Waals surface area contributed by atoms with E-state index in [2.05, 4.69) is 25.1 Å². The van der Waals surface area contributed by atoms with Crippen LogP contribution < -0.4 is 4.90 Å². The summed E-state index contributed by atoms with van der Waals surface area (Å²) in [5.41, 5.74) is 2.57. The lowest BCUT2D eigenvalue weighted by molar-refractivity contribution is -0.136. The molecule has 1 aliphatic heterocycles. The van der Waals surface area contributed by atoms with Crippen molar-refractivity contribution < 1.29 is 9.90 Å². The van der Waals surface area contributed by atoms with Gasteiger partial charge in [-0.25, -0.2) is 4.98 Å². The fraction of sp³-hybridized carbons (Fsp3) is 0.467. The zero-order valence-electron chi connectivity index (χ0n) is 12.5. The zero-order valence-corrected chi connectivity index (χ0v) is 12.5. The van der Waals surface area contributed by atoms with Gasteiger partial charge in [0.15, 0.2) is 0 Å². The highest BCUT2D eigenvalue weighted by Gasteiger charge is 2.24. The summed E-state index contributed by atoms with van der Waals surface area (Å²) in [7, 11) is 0. The van der Waals surface area contributed by atoms with E-state index in [1.807, 2.05) is 13.0 Å². The van der Waals surface area contributed by atoms with E-state index in [0.717, 1.165) is 43.1 Å². The Labute approximate surface area is 128 Å². The van der Waals surface area contributed by atoms with Gasteiger partial charge in [-0.3, -0.25) is 14.9 Å². The highest BCUT2D eigenvalue weighted by molar-refractivity contribution is 5.69. The maximum absolute atomic E-state index is 10.7. The van der Waals surface area contributed by atoms with Gasteiger partial charge in [-0.15, -0.1) is 0 Å². The second-order valence-corrected chi connectivity index (χ2v) is 5.62. The number of carbonyl (C=O) groups is 1. The topological polar surface area (TPSA) is 95.0 Å². The van der Waals surface area contributed by atoms with E-state index in [1.165, 1.54) is 0 Å². The van der Waals surface area contributed by atoms with Crippen molar-refractivity contribution in [1.82, 2.24) is 20.2 Å². The number of carboxylic acid groups (broad SMARTS) is 1. The average molecular weight is 301 g/mol. The van der Waals surface area contributed by atoms with Crippen LogP contribution >= 0.6 is 0 Å². The number of aliphatic carboxylic acids is 1. The van der Waals surface area contributed by atoms with Crippen LogP contribution in [0, 0.1) is 6.92 Å². The van der Waals surface area contributed by atoms with Crippen LogP contribution in [0.4, 0.5) is 5.82 Å². The number of carboxylic acids is 1. The minimum absolute atomic E-state index is 0.00928. The molecule has 0 saturated carbocycles. The van der Waals surface area contributed by atoms with Crippen LogP contribution in [0.15, 0.2) is 18.5 Å². The molecule has 0 radical (unpaired) electrons. The van der Waals surface area contributed by atoms with E-state index < -0.39 is 5.97 Å². The lowest BCUT2D eigenvalue weighted by Gasteiger charge is -2.32. The molecule has 1 fully saturated rings. The van der Waals surface area contributed by atoms with Crippen LogP contribution in [0.25, 0.3) is 0 Å². The molecular formula is C15H19N5O2. The van der Waals surface area contributed by atoms with Gasteiger partial charge in [-0.05, 0) is 25.8 Å². The second kappa shape index (κ2) is 6.13. The van der Waals surface area contributed by atoms with Gasteiger partial charge >= 0.3 is 5.97 Å². The van der Waals surface area contributed by atoms with Crippen molar-refractivity contribution in [1.29, 1.82) is 0 Å². The Morgan fingerprint density at radius 1 is 1.36 bits per heavy atom. The average Bonchev–Trinajstić information content (AvgIpc) is 2.96. The summed E-state index contributed by atoms with van der Waals surface area (Å²) >= 11 is 0. The predicted octanol–water partition coefficient (Wildman–Crippen LogP) is 1.52. The van der Waals surface area contributed by atoms with E-state index in [-0.39, 0.29) is 6.42 Å². The van der Waals surface area contributed by atoms with Gasteiger partial charge in [-0.1, -0.05) is 0 Å². The Kier molecular flexibility index (Phi) is 4.04. The summed E-state index contributed by atoms with van der Waals surface area (Å²) in [5.74, 6) is 0.477. The van der Waals surface area contributed by atoms with E-state index in [9.17, 15) is 4.79 Å². The van der Waals surface area contributed by atoms with Gasteiger partial charge in [0.1, 0.15) is 5.82 Å². The summed E-state index contributed by atoms with van der Waals surface area (Å²) in [6.45, 7) is 3.79. The molecule has 116 valence electrons. The Morgan fingerprint density at radius 3 is 2.77 bits per heavy atom. The molecular weight excluding hydrogens is 282 g/mol. The fourth-order valence-corrected chi connectivity index (χ4v) is 2.94. The molecule has 1 saturated heterocycles. The number of aromatic nitrogens is 4. The van der Waals surface area contributed by atoms with E-state index in [4.69, 9.17) is 5.11 Å². The summed E-state index contributed by atoms with van der Waals surface area (Å²) < 4.78 is 0. The molecule has 22 heavy (non-hydrogen) atoms. The van der Waals surface area contributed by atoms with Crippen LogP contribution in [-0.2, 0) is 11.2 Å². The summed E-state index contributed by atoms with van der Waals surface area (Å²) in [4.78, 5) is 21.7. The van der Waals surface area contributed by atoms with Gasteiger partial charge in [0.25, 0.3) is 0 Å². The predicted molar refractivity (Wildman–Crippen MR) is 80.9 cm³/mol. The maximum Gasteiger partial charge on any atom is 0.309 e. The quantitative estimate of drug-likeness (QED) is 0.889. The van der Waals surface area contributed by atoms with Crippen molar-refractivity contribution in [2.75, 3.05) is 18.0 Å². The van der Waals surface area contributed by atoms with Gasteiger partial charge in [0.2, 0.25) is 0 Å². The molecule has 0 bridgehead atoms. The molecule has 0 unspecified atom stereocenters. The van der Waals surface area contributed by atoms with Crippen LogP contribution in [0.2, 0.25) is 0 Å². The minimum Gasteiger partial charge on any atom is -0.481 e. The van der Waals surface area contributed by atoms with Crippen molar-refractivity contribution in [3.63, 3.8) is 0 Å². The van der Waals surface area contributed by atoms with Gasteiger partial charge in [-0.2, -0.15) is 5.10 Å². The second-order valence-electron chi connectivity index (χ2n) is 5.62. The molecule has 2 aromatic heterocycles. The highest BCUT2D eigenvalue weighted by Crippen LogP contribution is 2.29. The monoisotopic (exact) mass is 301 g/mol. The molecule has 0 amide bonds. The van der Waals surface area contributed by atoms with Crippen molar-refractivity contribution >= 4 is 11.8 Å². The molecule has 0 aromatic carbocycles. The third kappa shape index (κ3) is 3.08. The number of anilines is 1. The Balaban J connectivity index is 1.63. The number of aryl methyl sites for hydroxylation is 1. The molecule has 3 rings (SSSR count). The first kappa shape index (κ1) is 14.5. The molecule has 1 aliphatic rings. The molecule has 0 atom stereocenters. The normalized spacial score (nSPS) is 16.0. The summed E-state index contributed by atoms with van der Waals surface area (Å²) in [6, 6.07) is 1.88. The number of piperidine rings is 1. The number of H-pyrrole nitrogens is 1. The first-order chi connectivity index (χ1) is 10.6. The molecule has 0 spiro atoms. The summed E-state index contributed by atoms with van der Waals surface area (Å²) in [6.07, 6.45) is 5.38. The maximum atomic E-state index is 10.7. The molecule has 2 aromatic rings. The molecule has 0 aliphatic carbocycles. The van der Waals surface area contributed by atoms with Gasteiger partial charge < -0.3 is 10.0 Å². The number of rotatable bonds is 4. The lowest BCUT2D eigenvalue weighted by Crippen LogP contribution is -2.34. The van der Waals surface area contributed by atoms with Crippen molar-refractivity contribution in [3.05, 3.63) is 35.5 Å². The fourth-order valence-electron chi connectivity index (χ4n) is 2.94. The van der Waals surface area contributed by atoms with Crippen LogP contribution in [0.1, 0.15) is 35.8 Å². The molecule has 7 heteroatoms. The van der Waals surface area contributed by atoms with Gasteiger partial charge in [0, 0.05) is 37.1 Å². The number of nitrogens with one attached hydrogen (secondary N) is 1. The molecule has 3 heterocycles. The van der Waals surface area contributed by atoms with Crippen LogP contribution in [0.3, 0.4) is 0 Å². The largest absolute Gasteiger partial charge is 0.481 e. The molecule has 2 N–H and O–H groups in total. The number of aromatic amines is 1. The highest BCUT2D eigenvalue weighted by atomic mass is 16.4. The Morgan fingerprint density at radius 2 is 2.09 bits per heavy atom. The van der Waals surface area contributed by atoms with E-state index in [1.54, 1.807) is 12.4 Å². The van der Waals surface area contributed by atoms with Crippen LogP contribution in [0.5, 0.6) is 0 Å². The SMILES string of the molecule is Cc1nccnc1N1CCC(c2cc(CC(=O)O)[nH]n2)CC1. The van der Waals surface area contributed by atoms with Crippen molar-refractivity contribution in [2.45, 2.75) is 32.1 Å². The standard InChI is InChI=1S/C15H19N5O2/c1-10-15(17-5-4-16-10)20-6-2-11(3-7-20)13-8-12(18-19-13)9-14(21)22/h4-5,8,11H,2-3,6-7,9H2,1H3,(H,18,19)(H,21,22). The third-order valence-electron chi connectivity index (χ3n) is 4.06.